The zero-order valence-electron chi connectivity index (χ0n) is 9.97. The van der Waals surface area contributed by atoms with E-state index < -0.39 is 11.7 Å². The lowest BCUT2D eigenvalue weighted by Gasteiger charge is -2.38. The standard InChI is InChI=1S/C13H14F3NO/c1-12-7-17-5-11(12)8-3-2-4-10(13(14,15)16)9(8)6-18-12/h2-4,11,17H,5-7H2,1H3. The Balaban J connectivity index is 2.12. The molecule has 0 aliphatic carbocycles. The molecule has 2 heterocycles. The number of ether oxygens (including phenoxy) is 1. The van der Waals surface area contributed by atoms with Gasteiger partial charge < -0.3 is 10.1 Å². The van der Waals surface area contributed by atoms with E-state index in [4.69, 9.17) is 4.74 Å². The molecule has 0 bridgehead atoms. The molecule has 1 aromatic carbocycles. The third-order valence-corrected chi connectivity index (χ3v) is 4.00. The van der Waals surface area contributed by atoms with E-state index in [-0.39, 0.29) is 18.1 Å². The molecule has 2 atom stereocenters. The Kier molecular flexibility index (Phi) is 2.47. The van der Waals surface area contributed by atoms with E-state index in [0.29, 0.717) is 18.7 Å². The molecule has 1 saturated heterocycles. The van der Waals surface area contributed by atoms with Gasteiger partial charge in [0, 0.05) is 19.0 Å². The summed E-state index contributed by atoms with van der Waals surface area (Å²) >= 11 is 0. The first kappa shape index (κ1) is 12.0. The molecule has 0 saturated carbocycles. The fraction of sp³-hybridized carbons (Fsp3) is 0.538. The van der Waals surface area contributed by atoms with E-state index in [2.05, 4.69) is 5.32 Å². The minimum absolute atomic E-state index is 0.00329. The van der Waals surface area contributed by atoms with E-state index in [1.54, 1.807) is 6.07 Å². The second-order valence-electron chi connectivity index (χ2n) is 5.16. The van der Waals surface area contributed by atoms with Gasteiger partial charge in [0.15, 0.2) is 0 Å². The van der Waals surface area contributed by atoms with E-state index in [1.165, 1.54) is 6.07 Å². The van der Waals surface area contributed by atoms with Crippen LogP contribution in [0.15, 0.2) is 18.2 Å². The molecule has 1 fully saturated rings. The first-order valence-corrected chi connectivity index (χ1v) is 5.95. The summed E-state index contributed by atoms with van der Waals surface area (Å²) < 4.78 is 44.5. The first-order valence-electron chi connectivity index (χ1n) is 5.95. The van der Waals surface area contributed by atoms with Crippen molar-refractivity contribution in [1.29, 1.82) is 0 Å². The Hall–Kier alpha value is -1.07. The van der Waals surface area contributed by atoms with Crippen LogP contribution in [-0.4, -0.2) is 18.7 Å². The summed E-state index contributed by atoms with van der Waals surface area (Å²) in [7, 11) is 0. The predicted molar refractivity (Wildman–Crippen MR) is 60.2 cm³/mol. The average Bonchev–Trinajstić information content (AvgIpc) is 2.69. The van der Waals surface area contributed by atoms with E-state index in [9.17, 15) is 13.2 Å². The maximum Gasteiger partial charge on any atom is 0.416 e. The van der Waals surface area contributed by atoms with Crippen LogP contribution in [0.5, 0.6) is 0 Å². The largest absolute Gasteiger partial charge is 0.416 e. The van der Waals surface area contributed by atoms with Crippen LogP contribution in [-0.2, 0) is 17.5 Å². The van der Waals surface area contributed by atoms with Crippen LogP contribution in [0.1, 0.15) is 29.5 Å². The molecular formula is C13H14F3NO. The van der Waals surface area contributed by atoms with Crippen molar-refractivity contribution < 1.29 is 17.9 Å². The van der Waals surface area contributed by atoms with Crippen molar-refractivity contribution in [2.45, 2.75) is 31.2 Å². The molecule has 0 radical (unpaired) electrons. The first-order chi connectivity index (χ1) is 8.42. The van der Waals surface area contributed by atoms with E-state index >= 15 is 0 Å². The molecule has 2 aliphatic heterocycles. The Morgan fingerprint density at radius 2 is 2.17 bits per heavy atom. The molecular weight excluding hydrogens is 243 g/mol. The van der Waals surface area contributed by atoms with Gasteiger partial charge in [0.05, 0.1) is 17.8 Å². The van der Waals surface area contributed by atoms with Crippen molar-refractivity contribution in [3.05, 3.63) is 34.9 Å². The number of hydrogen-bond acceptors (Lipinski definition) is 2. The van der Waals surface area contributed by atoms with Crippen LogP contribution in [0.3, 0.4) is 0 Å². The summed E-state index contributed by atoms with van der Waals surface area (Å²) in [4.78, 5) is 0. The van der Waals surface area contributed by atoms with Gasteiger partial charge in [-0.2, -0.15) is 13.2 Å². The van der Waals surface area contributed by atoms with Crippen molar-refractivity contribution in [3.63, 3.8) is 0 Å². The van der Waals surface area contributed by atoms with Crippen LogP contribution in [0, 0.1) is 0 Å². The Morgan fingerprint density at radius 3 is 2.89 bits per heavy atom. The molecule has 0 aromatic heterocycles. The summed E-state index contributed by atoms with van der Waals surface area (Å²) in [6, 6.07) is 4.42. The van der Waals surface area contributed by atoms with Crippen molar-refractivity contribution in [3.8, 4) is 0 Å². The minimum atomic E-state index is -4.31. The lowest BCUT2D eigenvalue weighted by molar-refractivity contribution is -0.140. The maximum absolute atomic E-state index is 12.9. The van der Waals surface area contributed by atoms with Gasteiger partial charge in [0.25, 0.3) is 0 Å². The number of hydrogen-bond donors (Lipinski definition) is 1. The van der Waals surface area contributed by atoms with Crippen LogP contribution >= 0.6 is 0 Å². The molecule has 2 nitrogen and oxygen atoms in total. The average molecular weight is 257 g/mol. The highest BCUT2D eigenvalue weighted by molar-refractivity contribution is 5.42. The van der Waals surface area contributed by atoms with E-state index in [1.807, 2.05) is 6.92 Å². The second-order valence-corrected chi connectivity index (χ2v) is 5.16. The molecule has 1 aromatic rings. The summed E-state index contributed by atoms with van der Waals surface area (Å²) in [5, 5.41) is 3.20. The van der Waals surface area contributed by atoms with E-state index in [0.717, 1.165) is 11.6 Å². The second kappa shape index (κ2) is 3.71. The van der Waals surface area contributed by atoms with Gasteiger partial charge in [-0.3, -0.25) is 0 Å². The number of alkyl halides is 3. The molecule has 98 valence electrons. The van der Waals surface area contributed by atoms with Crippen molar-refractivity contribution in [2.75, 3.05) is 13.1 Å². The van der Waals surface area contributed by atoms with Gasteiger partial charge in [0.1, 0.15) is 0 Å². The third kappa shape index (κ3) is 1.65. The van der Waals surface area contributed by atoms with Gasteiger partial charge in [0.2, 0.25) is 0 Å². The summed E-state index contributed by atoms with van der Waals surface area (Å²) in [5.74, 6) is 0.00329. The smallest absolute Gasteiger partial charge is 0.369 e. The monoisotopic (exact) mass is 257 g/mol. The fourth-order valence-electron chi connectivity index (χ4n) is 2.99. The van der Waals surface area contributed by atoms with Crippen molar-refractivity contribution in [2.24, 2.45) is 0 Å². The van der Waals surface area contributed by atoms with Crippen molar-refractivity contribution in [1.82, 2.24) is 5.32 Å². The van der Waals surface area contributed by atoms with Gasteiger partial charge in [-0.05, 0) is 24.1 Å². The topological polar surface area (TPSA) is 21.3 Å². The molecule has 2 aliphatic rings. The van der Waals surface area contributed by atoms with Gasteiger partial charge in [-0.1, -0.05) is 12.1 Å². The highest BCUT2D eigenvalue weighted by Gasteiger charge is 2.46. The maximum atomic E-state index is 12.9. The number of rotatable bonds is 0. The van der Waals surface area contributed by atoms with Crippen LogP contribution in [0.2, 0.25) is 0 Å². The van der Waals surface area contributed by atoms with Crippen LogP contribution in [0.25, 0.3) is 0 Å². The van der Waals surface area contributed by atoms with Gasteiger partial charge >= 0.3 is 6.18 Å². The molecule has 5 heteroatoms. The quantitative estimate of drug-likeness (QED) is 0.771. The zero-order valence-corrected chi connectivity index (χ0v) is 9.97. The van der Waals surface area contributed by atoms with Crippen molar-refractivity contribution >= 4 is 0 Å². The highest BCUT2D eigenvalue weighted by atomic mass is 19.4. The Morgan fingerprint density at radius 1 is 1.39 bits per heavy atom. The number of halogens is 3. The summed E-state index contributed by atoms with van der Waals surface area (Å²) in [6.07, 6.45) is -4.31. The molecule has 3 rings (SSSR count). The number of nitrogens with one attached hydrogen (secondary N) is 1. The Bertz CT molecular complexity index is 486. The SMILES string of the molecule is CC12CNCC1c1cccc(C(F)(F)F)c1CO2. The lowest BCUT2D eigenvalue weighted by atomic mass is 9.80. The highest BCUT2D eigenvalue weighted by Crippen LogP contribution is 2.44. The normalized spacial score (nSPS) is 31.0. The Labute approximate surface area is 103 Å². The lowest BCUT2D eigenvalue weighted by Crippen LogP contribution is -2.40. The number of fused-ring (bicyclic) bond motifs is 3. The molecule has 1 N–H and O–H groups in total. The van der Waals surface area contributed by atoms with Gasteiger partial charge in [-0.15, -0.1) is 0 Å². The fourth-order valence-corrected chi connectivity index (χ4v) is 2.99. The zero-order chi connectivity index (χ0) is 13.0. The molecule has 0 spiro atoms. The summed E-state index contributed by atoms with van der Waals surface area (Å²) in [6.45, 7) is 3.36. The van der Waals surface area contributed by atoms with Crippen LogP contribution in [0.4, 0.5) is 13.2 Å². The molecule has 2 unspecified atom stereocenters. The van der Waals surface area contributed by atoms with Crippen LogP contribution < -0.4 is 5.32 Å². The predicted octanol–water partition coefficient (Wildman–Crippen LogP) is 2.68. The van der Waals surface area contributed by atoms with Gasteiger partial charge in [-0.25, -0.2) is 0 Å². The minimum Gasteiger partial charge on any atom is -0.369 e. The summed E-state index contributed by atoms with van der Waals surface area (Å²) in [5.41, 5.74) is 0.144. The number of benzene rings is 1. The molecule has 18 heavy (non-hydrogen) atoms. The third-order valence-electron chi connectivity index (χ3n) is 4.00. The molecule has 0 amide bonds.